The van der Waals surface area contributed by atoms with E-state index >= 15 is 0 Å². The van der Waals surface area contributed by atoms with Crippen LogP contribution in [0, 0.1) is 0 Å². The van der Waals surface area contributed by atoms with Gasteiger partial charge in [-0.25, -0.2) is 9.78 Å². The standard InChI is InChI=1S/C13H11N3O4S.Na/c17-11-8(12-16(11)9(6-21-12)13(18)19)3-7-4-15-1-2-20-5-10(15)14-7;/h3-4,6,12H,1-2,5H2,(H,18,19);/b8-3-;/t12-;/m1./s1. The number of rotatable bonds is 2. The van der Waals surface area contributed by atoms with E-state index in [0.717, 1.165) is 12.4 Å². The van der Waals surface area contributed by atoms with E-state index < -0.39 is 5.97 Å². The maximum absolute atomic E-state index is 12.1. The first kappa shape index (κ1) is 15.8. The number of hydrogen-bond acceptors (Lipinski definition) is 5. The summed E-state index contributed by atoms with van der Waals surface area (Å²) >= 11 is 1.33. The third kappa shape index (κ3) is 2.35. The van der Waals surface area contributed by atoms with Gasteiger partial charge in [0, 0.05) is 47.7 Å². The van der Waals surface area contributed by atoms with Crippen LogP contribution in [0.2, 0.25) is 0 Å². The van der Waals surface area contributed by atoms with Crippen molar-refractivity contribution in [2.24, 2.45) is 0 Å². The molecule has 22 heavy (non-hydrogen) atoms. The molecule has 9 heteroatoms. The van der Waals surface area contributed by atoms with Crippen molar-refractivity contribution in [3.8, 4) is 0 Å². The van der Waals surface area contributed by atoms with Crippen molar-refractivity contribution in [3.05, 3.63) is 34.4 Å². The second kappa shape index (κ2) is 5.86. The topological polar surface area (TPSA) is 84.7 Å². The summed E-state index contributed by atoms with van der Waals surface area (Å²) in [6.07, 6.45) is 3.63. The Hall–Kier alpha value is -1.06. The summed E-state index contributed by atoms with van der Waals surface area (Å²) in [6, 6.07) is 0. The Labute approximate surface area is 152 Å². The van der Waals surface area contributed by atoms with E-state index in [1.165, 1.54) is 22.1 Å². The van der Waals surface area contributed by atoms with E-state index in [2.05, 4.69) is 4.98 Å². The van der Waals surface area contributed by atoms with E-state index in [-0.39, 0.29) is 46.5 Å². The van der Waals surface area contributed by atoms with E-state index in [1.807, 2.05) is 10.8 Å². The van der Waals surface area contributed by atoms with Gasteiger partial charge < -0.3 is 14.4 Å². The predicted molar refractivity (Wildman–Crippen MR) is 79.6 cm³/mol. The van der Waals surface area contributed by atoms with Gasteiger partial charge >= 0.3 is 5.97 Å². The Morgan fingerprint density at radius 3 is 3.09 bits per heavy atom. The Morgan fingerprint density at radius 2 is 2.36 bits per heavy atom. The second-order valence-electron chi connectivity index (χ2n) is 4.90. The van der Waals surface area contributed by atoms with Crippen LogP contribution in [-0.2, 0) is 27.5 Å². The molecule has 1 N–H and O–H groups in total. The summed E-state index contributed by atoms with van der Waals surface area (Å²) in [5.74, 6) is -0.493. The van der Waals surface area contributed by atoms with Crippen molar-refractivity contribution in [1.29, 1.82) is 0 Å². The minimum Gasteiger partial charge on any atom is -0.477 e. The third-order valence-electron chi connectivity index (χ3n) is 3.64. The summed E-state index contributed by atoms with van der Waals surface area (Å²) in [5.41, 5.74) is 1.34. The van der Waals surface area contributed by atoms with Crippen LogP contribution in [-0.4, -0.2) is 73.0 Å². The van der Waals surface area contributed by atoms with Gasteiger partial charge in [0.2, 0.25) is 0 Å². The van der Waals surface area contributed by atoms with Crippen LogP contribution in [0.3, 0.4) is 0 Å². The summed E-state index contributed by atoms with van der Waals surface area (Å²) < 4.78 is 7.34. The van der Waals surface area contributed by atoms with Crippen LogP contribution >= 0.6 is 11.8 Å². The number of β-lactam (4-membered cyclic amide) rings is 1. The smallest absolute Gasteiger partial charge is 0.353 e. The van der Waals surface area contributed by atoms with Gasteiger partial charge in [-0.15, -0.1) is 11.8 Å². The van der Waals surface area contributed by atoms with Crippen molar-refractivity contribution < 1.29 is 19.4 Å². The molecule has 4 heterocycles. The quantitative estimate of drug-likeness (QED) is 0.476. The largest absolute Gasteiger partial charge is 0.477 e. The number of aromatic nitrogens is 2. The monoisotopic (exact) mass is 328 g/mol. The molecule has 1 aromatic rings. The Bertz CT molecular complexity index is 703. The number of thioether (sulfide) groups is 1. The number of nitrogens with zero attached hydrogens (tertiary/aromatic N) is 3. The zero-order valence-electron chi connectivity index (χ0n) is 11.9. The normalized spacial score (nSPS) is 24.3. The molecule has 0 unspecified atom stereocenters. The van der Waals surface area contributed by atoms with E-state index in [4.69, 9.17) is 9.84 Å². The first-order chi connectivity index (χ1) is 10.1. The molecule has 4 rings (SSSR count). The number of carbonyl (C=O) groups excluding carboxylic acids is 1. The number of hydrogen-bond donors (Lipinski definition) is 1. The van der Waals surface area contributed by atoms with Crippen molar-refractivity contribution in [1.82, 2.24) is 14.5 Å². The maximum atomic E-state index is 12.1. The van der Waals surface area contributed by atoms with Gasteiger partial charge in [0.15, 0.2) is 0 Å². The predicted octanol–water partition coefficient (Wildman–Crippen LogP) is 0.257. The minimum absolute atomic E-state index is 0. The molecule has 1 amide bonds. The second-order valence-corrected chi connectivity index (χ2v) is 5.85. The number of amides is 1. The van der Waals surface area contributed by atoms with Crippen LogP contribution < -0.4 is 0 Å². The average molecular weight is 328 g/mol. The molecule has 0 aliphatic carbocycles. The SMILES string of the molecule is O=C(O)C1=CS[C@@H]2/C(=C\c3cn4c(n3)COCC4)C(=O)N12.[Na]. The molecule has 1 saturated heterocycles. The Kier molecular flexibility index (Phi) is 4.21. The van der Waals surface area contributed by atoms with Gasteiger partial charge in [0.25, 0.3) is 5.91 Å². The maximum Gasteiger partial charge on any atom is 0.353 e. The summed E-state index contributed by atoms with van der Waals surface area (Å²) in [5, 5.41) is 10.3. The molecule has 3 aliphatic rings. The van der Waals surface area contributed by atoms with E-state index in [1.54, 1.807) is 6.08 Å². The van der Waals surface area contributed by atoms with Gasteiger partial charge in [-0.1, -0.05) is 0 Å². The van der Waals surface area contributed by atoms with Crippen molar-refractivity contribution in [2.75, 3.05) is 6.61 Å². The zero-order chi connectivity index (χ0) is 14.6. The molecule has 0 aromatic carbocycles. The molecule has 1 aromatic heterocycles. The van der Waals surface area contributed by atoms with Gasteiger partial charge in [0.05, 0.1) is 17.9 Å². The fraction of sp³-hybridized carbons (Fsp3) is 0.308. The van der Waals surface area contributed by atoms with Gasteiger partial charge in [0.1, 0.15) is 23.5 Å². The van der Waals surface area contributed by atoms with Crippen molar-refractivity contribution in [2.45, 2.75) is 18.5 Å². The molecule has 0 bridgehead atoms. The molecule has 1 radical (unpaired) electrons. The molecular weight excluding hydrogens is 317 g/mol. The molecular formula is C13H11N3NaO4S. The number of carboxylic acid groups (broad SMARTS) is 1. The summed E-state index contributed by atoms with van der Waals surface area (Å²) in [6.45, 7) is 1.90. The van der Waals surface area contributed by atoms with Crippen LogP contribution in [0.4, 0.5) is 0 Å². The minimum atomic E-state index is -1.08. The van der Waals surface area contributed by atoms with Crippen LogP contribution in [0.25, 0.3) is 6.08 Å². The summed E-state index contributed by atoms with van der Waals surface area (Å²) in [4.78, 5) is 28.8. The Balaban J connectivity index is 0.00000144. The first-order valence-electron chi connectivity index (χ1n) is 6.43. The zero-order valence-corrected chi connectivity index (χ0v) is 14.7. The van der Waals surface area contributed by atoms with Crippen molar-refractivity contribution >= 4 is 59.3 Å². The summed E-state index contributed by atoms with van der Waals surface area (Å²) in [7, 11) is 0. The van der Waals surface area contributed by atoms with Gasteiger partial charge in [-0.05, 0) is 6.08 Å². The molecule has 109 valence electrons. The number of ether oxygens (including phenoxy) is 1. The fourth-order valence-corrected chi connectivity index (χ4v) is 3.73. The number of carboxylic acids is 1. The number of carbonyl (C=O) groups is 2. The number of aliphatic carboxylic acids is 1. The van der Waals surface area contributed by atoms with Crippen LogP contribution in [0.1, 0.15) is 11.5 Å². The number of imidazole rings is 1. The van der Waals surface area contributed by atoms with Gasteiger partial charge in [-0.3, -0.25) is 9.69 Å². The van der Waals surface area contributed by atoms with E-state index in [9.17, 15) is 9.59 Å². The van der Waals surface area contributed by atoms with Gasteiger partial charge in [-0.2, -0.15) is 0 Å². The molecule has 3 aliphatic heterocycles. The third-order valence-corrected chi connectivity index (χ3v) is 4.72. The first-order valence-corrected chi connectivity index (χ1v) is 7.37. The molecule has 1 atom stereocenters. The molecule has 0 spiro atoms. The molecule has 7 nitrogen and oxygen atoms in total. The fourth-order valence-electron chi connectivity index (χ4n) is 2.61. The molecule has 1 fully saturated rings. The van der Waals surface area contributed by atoms with Crippen LogP contribution in [0.5, 0.6) is 0 Å². The average Bonchev–Trinajstić information content (AvgIpc) is 3.05. The van der Waals surface area contributed by atoms with Crippen molar-refractivity contribution in [3.63, 3.8) is 0 Å². The Morgan fingerprint density at radius 1 is 1.55 bits per heavy atom. The van der Waals surface area contributed by atoms with Crippen LogP contribution in [0.15, 0.2) is 22.9 Å². The molecule has 0 saturated carbocycles. The number of fused-ring (bicyclic) bond motifs is 2. The van der Waals surface area contributed by atoms with E-state index in [0.29, 0.717) is 24.5 Å².